The van der Waals surface area contributed by atoms with Gasteiger partial charge < -0.3 is 165 Å². The number of carbonyl (C=O) groups excluding carboxylic acids is 12. The van der Waals surface area contributed by atoms with Crippen molar-refractivity contribution in [1.29, 1.82) is 0 Å². The Morgan fingerprint density at radius 3 is 1.20 bits per heavy atom. The molecule has 0 amide bonds. The Morgan fingerprint density at radius 2 is 0.774 bits per heavy atom. The van der Waals surface area contributed by atoms with Gasteiger partial charge in [-0.05, 0) is 269 Å². The zero-order valence-corrected chi connectivity index (χ0v) is 87.1. The molecule has 0 fully saturated rings. The molecule has 6 aromatic rings. The second-order valence-electron chi connectivity index (χ2n) is 32.6. The highest BCUT2D eigenvalue weighted by molar-refractivity contribution is 5.82. The molecule has 6 rings (SSSR count). The Morgan fingerprint density at radius 1 is 0.363 bits per heavy atom. The normalized spacial score (nSPS) is 10.1. The maximum atomic E-state index is 10.7. The Labute approximate surface area is 857 Å². The molecule has 1 heterocycles. The van der Waals surface area contributed by atoms with Gasteiger partial charge in [-0.25, -0.2) is 0 Å². The van der Waals surface area contributed by atoms with Crippen molar-refractivity contribution in [2.24, 2.45) is 22.2 Å². The number of aliphatic imine (C=N–C) groups is 1. The number of hydrogen-bond donors (Lipinski definition) is 26. The number of guanidine groups is 1. The van der Waals surface area contributed by atoms with E-state index in [1.165, 1.54) is 89.2 Å². The lowest BCUT2D eigenvalue weighted by atomic mass is 10.1. The van der Waals surface area contributed by atoms with Crippen LogP contribution in [0.25, 0.3) is 0 Å². The summed E-state index contributed by atoms with van der Waals surface area (Å²) in [5.41, 5.74) is 20.6. The van der Waals surface area contributed by atoms with Gasteiger partial charge >= 0.3 is 11.9 Å². The molecule has 0 aliphatic rings. The fourth-order valence-corrected chi connectivity index (χ4v) is 10.2. The number of aromatic hydroxyl groups is 9. The fourth-order valence-electron chi connectivity index (χ4n) is 10.2. The van der Waals surface area contributed by atoms with Crippen LogP contribution in [0.5, 0.6) is 51.7 Å². The number of carboxylic acids is 2. The van der Waals surface area contributed by atoms with Crippen molar-refractivity contribution >= 4 is 93.0 Å². The van der Waals surface area contributed by atoms with E-state index in [1.807, 2.05) is 30.5 Å². The van der Waals surface area contributed by atoms with Crippen molar-refractivity contribution in [3.63, 3.8) is 0 Å². The van der Waals surface area contributed by atoms with Gasteiger partial charge in [-0.15, -0.1) is 0 Å². The van der Waals surface area contributed by atoms with Crippen molar-refractivity contribution in [3.05, 3.63) is 143 Å². The smallest absolute Gasteiger partial charge is 0.317 e. The lowest BCUT2D eigenvalue weighted by molar-refractivity contribution is -0.137. The number of carboxylic acid groups (broad SMARTS) is 2. The summed E-state index contributed by atoms with van der Waals surface area (Å²) in [5.74, 6) is -1.42. The van der Waals surface area contributed by atoms with E-state index in [0.717, 1.165) is 113 Å². The van der Waals surface area contributed by atoms with E-state index in [1.54, 1.807) is 85.9 Å². The van der Waals surface area contributed by atoms with E-state index in [4.69, 9.17) is 77.4 Å². The molecule has 0 bridgehead atoms. The molecule has 5 aromatic carbocycles. The molecule has 146 heavy (non-hydrogen) atoms. The number of nitrogens with zero attached hydrogens (tertiary/aromatic N) is 1. The van der Waals surface area contributed by atoms with Crippen molar-refractivity contribution in [2.75, 3.05) is 163 Å². The topological polar surface area (TPSA) is 744 Å². The first-order valence-corrected chi connectivity index (χ1v) is 47.4. The summed E-state index contributed by atoms with van der Waals surface area (Å²) in [7, 11) is 1.65. The first-order chi connectivity index (χ1) is 68.9. The van der Waals surface area contributed by atoms with Gasteiger partial charge in [0.25, 0.3) is 0 Å². The van der Waals surface area contributed by atoms with Gasteiger partial charge in [0, 0.05) is 96.0 Å². The first kappa shape index (κ1) is 144. The van der Waals surface area contributed by atoms with Crippen LogP contribution in [0.1, 0.15) is 194 Å². The summed E-state index contributed by atoms with van der Waals surface area (Å²) in [6, 6.07) is 28.7. The molecule has 44 nitrogen and oxygen atoms in total. The van der Waals surface area contributed by atoms with E-state index in [0.29, 0.717) is 122 Å². The fraction of sp³-hybridized carbons (Fsp3) is 0.520. The van der Waals surface area contributed by atoms with Crippen LogP contribution in [0.4, 0.5) is 5.69 Å². The lowest BCUT2D eigenvalue weighted by Gasteiger charge is -2.12. The lowest BCUT2D eigenvalue weighted by Crippen LogP contribution is -2.26. The van der Waals surface area contributed by atoms with Crippen LogP contribution in [-0.4, -0.2) is 317 Å². The van der Waals surface area contributed by atoms with Gasteiger partial charge in [-0.3, -0.25) is 57.7 Å². The predicted molar refractivity (Wildman–Crippen MR) is 559 cm³/mol. The number of methoxy groups -OCH3 is 1. The third-order valence-electron chi connectivity index (χ3n) is 17.3. The average molecular weight is 2070 g/mol. The van der Waals surface area contributed by atoms with Gasteiger partial charge in [-0.1, -0.05) is 30.3 Å². The minimum Gasteiger partial charge on any atom is -0.508 e. The number of nitrogens with one attached hydrogen (secondary N) is 10. The minimum atomic E-state index is -0.948. The van der Waals surface area contributed by atoms with Crippen molar-refractivity contribution < 1.29 is 148 Å². The van der Waals surface area contributed by atoms with Crippen molar-refractivity contribution in [2.45, 2.75) is 192 Å². The van der Waals surface area contributed by atoms with Crippen molar-refractivity contribution in [1.82, 2.24) is 47.5 Å². The highest BCUT2D eigenvalue weighted by Crippen LogP contribution is 2.30. The molecule has 29 N–H and O–H groups in total. The molecule has 1 atom stereocenters. The van der Waals surface area contributed by atoms with Crippen LogP contribution >= 0.6 is 0 Å². The van der Waals surface area contributed by atoms with Crippen LogP contribution in [0.3, 0.4) is 0 Å². The Kier molecular flexibility index (Phi) is 96.6. The zero-order valence-electron chi connectivity index (χ0n) is 87.1. The maximum Gasteiger partial charge on any atom is 0.317 e. The number of Topliss-reactive ketones (excluding diaryl/α,β-unsaturated/α-hetero) is 12. The van der Waals surface area contributed by atoms with Crippen LogP contribution < -0.4 is 65.1 Å². The van der Waals surface area contributed by atoms with Gasteiger partial charge in [0.15, 0.2) is 52.0 Å². The number of carbonyl (C=O) groups is 14. The number of aromatic nitrogens is 1. The van der Waals surface area contributed by atoms with Gasteiger partial charge in [-0.2, -0.15) is 0 Å². The summed E-state index contributed by atoms with van der Waals surface area (Å²) in [6.07, 6.45) is 11.8. The number of H-pyrrole nitrogens is 1. The van der Waals surface area contributed by atoms with E-state index >= 15 is 0 Å². The summed E-state index contributed by atoms with van der Waals surface area (Å²) < 4.78 is 15.0. The van der Waals surface area contributed by atoms with Gasteiger partial charge in [0.1, 0.15) is 75.1 Å². The zero-order chi connectivity index (χ0) is 112. The average Bonchev–Trinajstić information content (AvgIpc) is 1.15. The molecule has 0 saturated heterocycles. The maximum absolute atomic E-state index is 10.7. The SMILES string of the molecule is CC(=O)CCCCOCCO.CC(=O)CCCc1ccc(O)c(O)c1.CC(=O)CNCC(=O)O.CC(=O)CNCC(O)c1ccc(O)c(O)c1.CC(=O)CNCCC(=O)O.CC(=O)CNCCCCN.CC(=O)CNCCCN=C(N)N.CC(=O)CNCCc1ccc(O)c(O)c1.CC(=O)CNCc1ccc(O)cc1.CC(=O)CNCc1ccc[nH]1.CC(=O)CNc1ccc(O)c(O)c1.COCCOCCCCC(C)=O. The third kappa shape index (κ3) is 110. The summed E-state index contributed by atoms with van der Waals surface area (Å²) in [6.45, 7) is 29.8. The molecular weight excluding hydrogens is 1900 g/mol. The van der Waals surface area contributed by atoms with Crippen LogP contribution in [0, 0.1) is 0 Å². The Bertz CT molecular complexity index is 4550. The number of phenols is 9. The molecule has 0 aliphatic carbocycles. The minimum absolute atomic E-state index is 0.00700. The second kappa shape index (κ2) is 98.1. The largest absolute Gasteiger partial charge is 0.508 e. The van der Waals surface area contributed by atoms with Crippen molar-refractivity contribution in [3.8, 4) is 51.7 Å². The number of rotatable bonds is 61. The summed E-state index contributed by atoms with van der Waals surface area (Å²) >= 11 is 0. The standard InChI is InChI=1S/C11H15NO4.C11H15NO3.C11H14O3.C10H13NO2.C9H11NO3.C9H18O3.C8H12N2O.C8H16O3.C7H16N4O.C7H16N2O.C6H11NO3.C5H9NO3/c1-7(13)5-12-6-11(16)8-2-3-9(14)10(15)4-8;1-8(13)7-12-5-4-9-2-3-10(14)11(15)6-9;1-8(12)3-2-4-9-5-6-10(13)11(14)7-9;1-8(12)6-11-7-9-2-4-10(13)5-3-9;1-6(11)5-10-7-2-3-8(12)9(13)4-7;1-9(10)5-3-4-6-12-8-7-11-2;1-7(11)5-9-6-8-3-2-4-10-8;1-8(10)4-2-3-6-11-7-5-9;1-6(12)5-10-3-2-4-11-7(8)9;1-7(10)6-9-5-3-2-4-8;1-5(8)4-7-3-2-6(9)10;1-4(7)2-6-3-5(8)9/h2-4,11-12,14-16H,5-6H2,1H3;2-3,6,12,14-15H,4-5,7H2,1H3;5-7,13-14H,2-4H2,1H3;2-5,11,13H,6-7H2,1H3;2-4,10,12-13H,5H2,1H3;3-8H2,1-2H3;2-4,9-10H,5-6H2,1H3;9H,2-7H2,1H3;10H,2-5H2,1H3,(H4,8,9,11);9H,2-6,8H2,1H3;7H,2-4H2,1H3,(H,9,10);6H,2-3H2,1H3,(H,8,9). The quantitative estimate of drug-likeness (QED) is 0.00706. The van der Waals surface area contributed by atoms with Crippen LogP contribution in [-0.2, 0) is 107 Å². The number of ketones is 12. The number of aliphatic hydroxyl groups excluding tert-OH is 2. The molecule has 0 aliphatic heterocycles. The molecule has 1 aromatic heterocycles. The van der Waals surface area contributed by atoms with Gasteiger partial charge in [0.05, 0.1) is 104 Å². The number of aliphatic carboxylic acids is 2. The molecule has 0 saturated carbocycles. The number of aliphatic hydroxyl groups is 2. The predicted octanol–water partition coefficient (Wildman–Crippen LogP) is 5.79. The van der Waals surface area contributed by atoms with E-state index in [2.05, 4.69) is 57.8 Å². The highest BCUT2D eigenvalue weighted by atomic mass is 16.5. The molecule has 1 unspecified atom stereocenters. The molecule has 44 heteroatoms. The number of nitrogens with two attached hydrogens (primary N) is 3. The monoisotopic (exact) mass is 2070 g/mol. The first-order valence-electron chi connectivity index (χ1n) is 47.4. The number of ether oxygens (including phenoxy) is 3. The second-order valence-corrected chi connectivity index (χ2v) is 32.6. The number of unbranched alkanes of at least 4 members (excludes halogenated alkanes) is 3. The Balaban J connectivity index is -0.000000367. The molecule has 824 valence electrons. The number of benzene rings is 5. The summed E-state index contributed by atoms with van der Waals surface area (Å²) in [4.78, 5) is 152. The van der Waals surface area contributed by atoms with Gasteiger partial charge in [0.2, 0.25) is 0 Å². The highest BCUT2D eigenvalue weighted by Gasteiger charge is 2.12. The van der Waals surface area contributed by atoms with Crippen LogP contribution in [0.15, 0.2) is 120 Å². The number of anilines is 1. The number of phenolic OH excluding ortho intramolecular Hbond substituents is 9. The number of hydrogen-bond acceptors (Lipinski definition) is 39. The molecule has 0 spiro atoms. The van der Waals surface area contributed by atoms with E-state index < -0.39 is 18.0 Å². The van der Waals surface area contributed by atoms with E-state index in [9.17, 15) is 87.5 Å². The number of aryl methyl sites for hydroxylation is 1. The van der Waals surface area contributed by atoms with Crippen LogP contribution in [0.2, 0.25) is 0 Å². The molecule has 0 radical (unpaired) electrons. The Hall–Kier alpha value is -12.9. The third-order valence-corrected chi connectivity index (χ3v) is 17.3. The summed E-state index contributed by atoms with van der Waals surface area (Å²) in [5, 5.41) is 142. The molecular formula is C102H166N14O30. The van der Waals surface area contributed by atoms with E-state index in [-0.39, 0.29) is 179 Å². The number of aromatic amines is 1.